The lowest BCUT2D eigenvalue weighted by Crippen LogP contribution is -2.32. The second-order valence-corrected chi connectivity index (χ2v) is 5.28. The molecule has 1 aliphatic rings. The van der Waals surface area contributed by atoms with E-state index in [2.05, 4.69) is 4.90 Å². The zero-order chi connectivity index (χ0) is 13.9. The van der Waals surface area contributed by atoms with Crippen LogP contribution in [0.3, 0.4) is 0 Å². The van der Waals surface area contributed by atoms with Crippen molar-refractivity contribution in [3.8, 4) is 0 Å². The van der Waals surface area contributed by atoms with Gasteiger partial charge in [-0.05, 0) is 31.0 Å². The number of furan rings is 1. The lowest BCUT2D eigenvalue weighted by molar-refractivity contribution is 0.224. The number of nitrogens with two attached hydrogens (primary N) is 1. The summed E-state index contributed by atoms with van der Waals surface area (Å²) in [6.45, 7) is 2.28. The lowest BCUT2D eigenvalue weighted by Gasteiger charge is -2.21. The molecule has 20 heavy (non-hydrogen) atoms. The summed E-state index contributed by atoms with van der Waals surface area (Å²) in [6, 6.07) is 7.67. The first-order valence-corrected chi connectivity index (χ1v) is 6.95. The van der Waals surface area contributed by atoms with E-state index in [9.17, 15) is 4.79 Å². The molecule has 0 saturated heterocycles. The van der Waals surface area contributed by atoms with Crippen molar-refractivity contribution >= 4 is 5.69 Å². The molecule has 1 saturated carbocycles. The molecule has 2 N–H and O–H groups in total. The molecule has 2 heterocycles. The van der Waals surface area contributed by atoms with Crippen molar-refractivity contribution in [1.82, 2.24) is 9.47 Å². The van der Waals surface area contributed by atoms with Crippen molar-refractivity contribution in [3.63, 3.8) is 0 Å². The van der Waals surface area contributed by atoms with Gasteiger partial charge in [0.1, 0.15) is 5.76 Å². The van der Waals surface area contributed by atoms with Gasteiger partial charge in [0.25, 0.3) is 5.56 Å². The van der Waals surface area contributed by atoms with Crippen LogP contribution in [-0.2, 0) is 13.1 Å². The molecule has 2 aromatic rings. The fraction of sp³-hybridized carbons (Fsp3) is 0.400. The van der Waals surface area contributed by atoms with Crippen LogP contribution >= 0.6 is 0 Å². The highest BCUT2D eigenvalue weighted by molar-refractivity contribution is 5.33. The number of pyridine rings is 1. The number of hydrogen-bond acceptors (Lipinski definition) is 4. The van der Waals surface area contributed by atoms with Crippen LogP contribution < -0.4 is 11.3 Å². The summed E-state index contributed by atoms with van der Waals surface area (Å²) in [5.74, 6) is 0.969. The van der Waals surface area contributed by atoms with E-state index in [1.54, 1.807) is 23.1 Å². The van der Waals surface area contributed by atoms with E-state index in [1.807, 2.05) is 12.1 Å². The second kappa shape index (κ2) is 5.54. The summed E-state index contributed by atoms with van der Waals surface area (Å²) in [4.78, 5) is 14.1. The highest BCUT2D eigenvalue weighted by Crippen LogP contribution is 2.28. The fourth-order valence-corrected chi connectivity index (χ4v) is 2.39. The zero-order valence-electron chi connectivity index (χ0n) is 11.4. The fourth-order valence-electron chi connectivity index (χ4n) is 2.39. The van der Waals surface area contributed by atoms with Crippen LogP contribution in [0, 0.1) is 0 Å². The minimum absolute atomic E-state index is 0.00653. The molecule has 0 unspecified atom stereocenters. The number of hydrogen-bond donors (Lipinski definition) is 1. The molecule has 1 fully saturated rings. The molecule has 3 rings (SSSR count). The van der Waals surface area contributed by atoms with Gasteiger partial charge in [0.2, 0.25) is 0 Å². The average molecular weight is 273 g/mol. The molecule has 0 bridgehead atoms. The maximum Gasteiger partial charge on any atom is 0.250 e. The summed E-state index contributed by atoms with van der Waals surface area (Å²) < 4.78 is 7.08. The van der Waals surface area contributed by atoms with Gasteiger partial charge in [-0.15, -0.1) is 0 Å². The number of aromatic nitrogens is 1. The Balaban J connectivity index is 1.65. The van der Waals surface area contributed by atoms with E-state index in [1.165, 1.54) is 18.9 Å². The van der Waals surface area contributed by atoms with E-state index in [0.29, 0.717) is 18.3 Å². The molecule has 0 aromatic carbocycles. The number of nitrogens with zero attached hydrogens (tertiary/aromatic N) is 2. The normalized spacial score (nSPS) is 14.8. The van der Waals surface area contributed by atoms with Gasteiger partial charge in [-0.2, -0.15) is 0 Å². The van der Waals surface area contributed by atoms with Crippen LogP contribution in [0.25, 0.3) is 0 Å². The standard InChI is InChI=1S/C15H19N3O2/c16-12-3-6-15(19)18(10-12)8-7-17(13-4-5-13)11-14-2-1-9-20-14/h1-3,6,9-10,13H,4-5,7-8,11,16H2. The Bertz CT molecular complexity index is 614. The van der Waals surface area contributed by atoms with Gasteiger partial charge in [0.15, 0.2) is 0 Å². The monoisotopic (exact) mass is 273 g/mol. The first-order valence-electron chi connectivity index (χ1n) is 6.95. The number of rotatable bonds is 6. The summed E-state index contributed by atoms with van der Waals surface area (Å²) in [6.07, 6.45) is 5.86. The second-order valence-electron chi connectivity index (χ2n) is 5.28. The Hall–Kier alpha value is -2.01. The third kappa shape index (κ3) is 3.11. The summed E-state index contributed by atoms with van der Waals surface area (Å²) in [5, 5.41) is 0. The van der Waals surface area contributed by atoms with Crippen molar-refractivity contribution < 1.29 is 4.42 Å². The first-order chi connectivity index (χ1) is 9.72. The minimum Gasteiger partial charge on any atom is -0.468 e. The molecular formula is C15H19N3O2. The van der Waals surface area contributed by atoms with Crippen LogP contribution in [0.2, 0.25) is 0 Å². The van der Waals surface area contributed by atoms with Crippen molar-refractivity contribution in [3.05, 3.63) is 52.8 Å². The Kier molecular flexibility index (Phi) is 3.60. The molecule has 1 aliphatic carbocycles. The van der Waals surface area contributed by atoms with Crippen molar-refractivity contribution in [2.75, 3.05) is 12.3 Å². The Labute approximate surface area is 117 Å². The predicted molar refractivity (Wildman–Crippen MR) is 77.3 cm³/mol. The van der Waals surface area contributed by atoms with Crippen LogP contribution in [0.15, 0.2) is 45.9 Å². The molecule has 5 heteroatoms. The summed E-state index contributed by atoms with van der Waals surface area (Å²) >= 11 is 0. The lowest BCUT2D eigenvalue weighted by atomic mass is 10.3. The van der Waals surface area contributed by atoms with Gasteiger partial charge in [0.05, 0.1) is 12.8 Å². The maximum atomic E-state index is 11.8. The minimum atomic E-state index is -0.00653. The van der Waals surface area contributed by atoms with E-state index in [0.717, 1.165) is 18.8 Å². The molecule has 0 amide bonds. The van der Waals surface area contributed by atoms with Gasteiger partial charge in [-0.1, -0.05) is 0 Å². The SMILES string of the molecule is Nc1ccc(=O)n(CCN(Cc2ccco2)C2CC2)c1. The topological polar surface area (TPSA) is 64.4 Å². The quantitative estimate of drug-likeness (QED) is 0.870. The van der Waals surface area contributed by atoms with Crippen molar-refractivity contribution in [1.29, 1.82) is 0 Å². The molecule has 0 radical (unpaired) electrons. The molecule has 0 atom stereocenters. The average Bonchev–Trinajstić information content (AvgIpc) is 3.16. The summed E-state index contributed by atoms with van der Waals surface area (Å²) in [5.41, 5.74) is 6.34. The Morgan fingerprint density at radius 3 is 2.90 bits per heavy atom. The van der Waals surface area contributed by atoms with Crippen LogP contribution in [0.5, 0.6) is 0 Å². The van der Waals surface area contributed by atoms with E-state index >= 15 is 0 Å². The number of anilines is 1. The van der Waals surface area contributed by atoms with Crippen LogP contribution in [0.4, 0.5) is 5.69 Å². The Morgan fingerprint density at radius 2 is 2.20 bits per heavy atom. The Morgan fingerprint density at radius 1 is 1.35 bits per heavy atom. The molecule has 2 aromatic heterocycles. The largest absolute Gasteiger partial charge is 0.468 e. The third-order valence-corrected chi connectivity index (χ3v) is 3.64. The highest BCUT2D eigenvalue weighted by Gasteiger charge is 2.29. The van der Waals surface area contributed by atoms with E-state index in [4.69, 9.17) is 10.2 Å². The predicted octanol–water partition coefficient (Wildman–Crippen LogP) is 1.69. The van der Waals surface area contributed by atoms with Crippen molar-refractivity contribution in [2.24, 2.45) is 0 Å². The van der Waals surface area contributed by atoms with Gasteiger partial charge in [-0.25, -0.2) is 0 Å². The van der Waals surface area contributed by atoms with Crippen LogP contribution in [-0.4, -0.2) is 22.1 Å². The van der Waals surface area contributed by atoms with Gasteiger partial charge < -0.3 is 14.7 Å². The zero-order valence-corrected chi connectivity index (χ0v) is 11.4. The smallest absolute Gasteiger partial charge is 0.250 e. The van der Waals surface area contributed by atoms with Crippen LogP contribution in [0.1, 0.15) is 18.6 Å². The van der Waals surface area contributed by atoms with E-state index in [-0.39, 0.29) is 5.56 Å². The highest BCUT2D eigenvalue weighted by atomic mass is 16.3. The molecule has 5 nitrogen and oxygen atoms in total. The van der Waals surface area contributed by atoms with Gasteiger partial charge in [0, 0.05) is 37.1 Å². The molecule has 0 spiro atoms. The maximum absolute atomic E-state index is 11.8. The van der Waals surface area contributed by atoms with E-state index < -0.39 is 0 Å². The molecule has 106 valence electrons. The van der Waals surface area contributed by atoms with Crippen molar-refractivity contribution in [2.45, 2.75) is 32.0 Å². The van der Waals surface area contributed by atoms with Gasteiger partial charge >= 0.3 is 0 Å². The number of nitrogen functional groups attached to an aromatic ring is 1. The molecule has 0 aliphatic heterocycles. The first kappa shape index (κ1) is 13.0. The summed E-state index contributed by atoms with van der Waals surface area (Å²) in [7, 11) is 0. The molecular weight excluding hydrogens is 254 g/mol. The third-order valence-electron chi connectivity index (χ3n) is 3.64. The van der Waals surface area contributed by atoms with Gasteiger partial charge in [-0.3, -0.25) is 9.69 Å².